The number of hydrogen-bond donors (Lipinski definition) is 2. The first-order valence-corrected chi connectivity index (χ1v) is 6.13. The van der Waals surface area contributed by atoms with E-state index in [-0.39, 0.29) is 5.91 Å². The summed E-state index contributed by atoms with van der Waals surface area (Å²) in [7, 11) is 1.85. The zero-order chi connectivity index (χ0) is 12.4. The lowest BCUT2D eigenvalue weighted by Crippen LogP contribution is -2.35. The second kappa shape index (κ2) is 5.06. The summed E-state index contributed by atoms with van der Waals surface area (Å²) in [5, 5.41) is 10.9. The minimum atomic E-state index is 0.0440. The smallest absolute Gasteiger partial charge is 0.234 e. The van der Waals surface area contributed by atoms with Gasteiger partial charge in [0, 0.05) is 19.6 Å². The maximum Gasteiger partial charge on any atom is 0.234 e. The molecule has 2 rings (SSSR count). The molecule has 0 spiro atoms. The third-order valence-corrected chi connectivity index (χ3v) is 3.27. The van der Waals surface area contributed by atoms with E-state index in [0.29, 0.717) is 24.2 Å². The molecule has 6 heteroatoms. The van der Waals surface area contributed by atoms with E-state index in [0.717, 1.165) is 24.2 Å². The van der Waals surface area contributed by atoms with E-state index in [1.54, 1.807) is 4.68 Å². The van der Waals surface area contributed by atoms with Gasteiger partial charge in [0.25, 0.3) is 0 Å². The van der Waals surface area contributed by atoms with Gasteiger partial charge < -0.3 is 10.6 Å². The van der Waals surface area contributed by atoms with Crippen molar-refractivity contribution in [2.24, 2.45) is 7.05 Å². The molecule has 1 amide bonds. The molecule has 1 aromatic heterocycles. The highest BCUT2D eigenvalue weighted by atomic mass is 35.5. The third kappa shape index (κ3) is 3.20. The van der Waals surface area contributed by atoms with Crippen LogP contribution in [0.3, 0.4) is 0 Å². The fraction of sp³-hybridized carbons (Fsp3) is 0.636. The Morgan fingerprint density at radius 2 is 2.29 bits per heavy atom. The second-order valence-corrected chi connectivity index (χ2v) is 4.79. The van der Waals surface area contributed by atoms with Crippen LogP contribution in [0.1, 0.15) is 24.2 Å². The van der Waals surface area contributed by atoms with Crippen LogP contribution in [-0.2, 0) is 18.4 Å². The number of nitrogens with zero attached hydrogens (tertiary/aromatic N) is 2. The lowest BCUT2D eigenvalue weighted by Gasteiger charge is -2.06. The number of carbonyl (C=O) groups excluding carboxylic acids is 1. The van der Waals surface area contributed by atoms with Crippen molar-refractivity contribution in [3.05, 3.63) is 16.4 Å². The molecule has 1 fully saturated rings. The minimum absolute atomic E-state index is 0.0440. The molecule has 0 radical (unpaired) electrons. The number of aryl methyl sites for hydroxylation is 2. The summed E-state index contributed by atoms with van der Waals surface area (Å²) in [6.07, 6.45) is 2.22. The Bertz CT molecular complexity index is 425. The van der Waals surface area contributed by atoms with Crippen molar-refractivity contribution in [2.45, 2.75) is 32.4 Å². The Kier molecular flexibility index (Phi) is 3.69. The van der Waals surface area contributed by atoms with E-state index in [4.69, 9.17) is 11.6 Å². The molecule has 1 heterocycles. The lowest BCUT2D eigenvalue weighted by molar-refractivity contribution is -0.120. The molecule has 0 bridgehead atoms. The van der Waals surface area contributed by atoms with Crippen LogP contribution in [0.15, 0.2) is 0 Å². The highest BCUT2D eigenvalue weighted by molar-refractivity contribution is 6.31. The zero-order valence-corrected chi connectivity index (χ0v) is 10.8. The molecule has 0 atom stereocenters. The van der Waals surface area contributed by atoms with Crippen molar-refractivity contribution in [3.8, 4) is 0 Å². The summed E-state index contributed by atoms with van der Waals surface area (Å²) >= 11 is 6.10. The first-order valence-electron chi connectivity index (χ1n) is 5.76. The van der Waals surface area contributed by atoms with Crippen molar-refractivity contribution < 1.29 is 4.79 Å². The quantitative estimate of drug-likeness (QED) is 0.818. The molecule has 1 aliphatic rings. The van der Waals surface area contributed by atoms with Gasteiger partial charge in [0.1, 0.15) is 0 Å². The Morgan fingerprint density at radius 3 is 2.82 bits per heavy atom. The lowest BCUT2D eigenvalue weighted by atomic mass is 10.3. The third-order valence-electron chi connectivity index (χ3n) is 2.78. The van der Waals surface area contributed by atoms with Crippen LogP contribution in [0, 0.1) is 6.92 Å². The molecule has 1 aliphatic carbocycles. The van der Waals surface area contributed by atoms with Crippen LogP contribution in [0.25, 0.3) is 0 Å². The average Bonchev–Trinajstić information content (AvgIpc) is 3.02. The summed E-state index contributed by atoms with van der Waals surface area (Å²) in [5.74, 6) is 0.0440. The van der Waals surface area contributed by atoms with Gasteiger partial charge in [-0.15, -0.1) is 0 Å². The Labute approximate surface area is 106 Å². The summed E-state index contributed by atoms with van der Waals surface area (Å²) < 4.78 is 1.74. The van der Waals surface area contributed by atoms with E-state index >= 15 is 0 Å². The van der Waals surface area contributed by atoms with E-state index in [9.17, 15) is 4.79 Å². The van der Waals surface area contributed by atoms with Crippen LogP contribution >= 0.6 is 11.6 Å². The van der Waals surface area contributed by atoms with Gasteiger partial charge in [-0.2, -0.15) is 5.10 Å². The van der Waals surface area contributed by atoms with Crippen molar-refractivity contribution in [2.75, 3.05) is 6.54 Å². The van der Waals surface area contributed by atoms with Gasteiger partial charge >= 0.3 is 0 Å². The predicted octanol–water partition coefficient (Wildman–Crippen LogP) is 0.750. The van der Waals surface area contributed by atoms with E-state index < -0.39 is 0 Å². The molecule has 0 aliphatic heterocycles. The van der Waals surface area contributed by atoms with E-state index in [1.807, 2.05) is 14.0 Å². The molecule has 0 unspecified atom stereocenters. The molecular formula is C11H17ClN4O. The van der Waals surface area contributed by atoms with Crippen LogP contribution in [0.2, 0.25) is 5.02 Å². The van der Waals surface area contributed by atoms with Gasteiger partial charge in [0.2, 0.25) is 5.91 Å². The number of amides is 1. The fourth-order valence-electron chi connectivity index (χ4n) is 1.67. The monoisotopic (exact) mass is 256 g/mol. The van der Waals surface area contributed by atoms with Crippen LogP contribution in [-0.4, -0.2) is 28.3 Å². The van der Waals surface area contributed by atoms with Crippen molar-refractivity contribution in [1.29, 1.82) is 0 Å². The maximum absolute atomic E-state index is 11.4. The number of aromatic nitrogens is 2. The molecule has 1 saturated carbocycles. The number of carbonyl (C=O) groups is 1. The highest BCUT2D eigenvalue weighted by Gasteiger charge is 2.22. The van der Waals surface area contributed by atoms with Crippen molar-refractivity contribution in [3.63, 3.8) is 0 Å². The number of hydrogen-bond acceptors (Lipinski definition) is 3. The molecular weight excluding hydrogens is 240 g/mol. The van der Waals surface area contributed by atoms with Crippen LogP contribution in [0.4, 0.5) is 0 Å². The summed E-state index contributed by atoms with van der Waals surface area (Å²) in [6.45, 7) is 2.73. The highest BCUT2D eigenvalue weighted by Crippen LogP contribution is 2.19. The van der Waals surface area contributed by atoms with Gasteiger partial charge in [-0.3, -0.25) is 9.48 Å². The molecule has 0 saturated heterocycles. The fourth-order valence-corrected chi connectivity index (χ4v) is 1.90. The summed E-state index contributed by atoms with van der Waals surface area (Å²) in [6, 6.07) is 0.409. The van der Waals surface area contributed by atoms with Crippen molar-refractivity contribution in [1.82, 2.24) is 20.4 Å². The Balaban J connectivity index is 1.78. The molecule has 0 aromatic carbocycles. The summed E-state index contributed by atoms with van der Waals surface area (Å²) in [4.78, 5) is 11.4. The molecule has 1 aromatic rings. The second-order valence-electron chi connectivity index (χ2n) is 4.42. The van der Waals surface area contributed by atoms with E-state index in [1.165, 1.54) is 0 Å². The first kappa shape index (κ1) is 12.4. The van der Waals surface area contributed by atoms with Gasteiger partial charge in [-0.25, -0.2) is 0 Å². The average molecular weight is 257 g/mol. The van der Waals surface area contributed by atoms with Gasteiger partial charge in [-0.05, 0) is 19.8 Å². The largest absolute Gasteiger partial charge is 0.352 e. The zero-order valence-electron chi connectivity index (χ0n) is 10.1. The normalized spacial score (nSPS) is 15.0. The number of nitrogens with one attached hydrogen (secondary N) is 2. The van der Waals surface area contributed by atoms with E-state index in [2.05, 4.69) is 15.7 Å². The van der Waals surface area contributed by atoms with Crippen molar-refractivity contribution >= 4 is 17.5 Å². The maximum atomic E-state index is 11.4. The first-order chi connectivity index (χ1) is 8.08. The molecule has 94 valence electrons. The Hall–Kier alpha value is -1.07. The molecule has 17 heavy (non-hydrogen) atoms. The minimum Gasteiger partial charge on any atom is -0.352 e. The van der Waals surface area contributed by atoms with Gasteiger partial charge in [0.15, 0.2) is 0 Å². The SMILES string of the molecule is Cc1nn(C)c(CNCC(=O)NC2CC2)c1Cl. The van der Waals surface area contributed by atoms with Gasteiger partial charge in [0.05, 0.1) is 23.0 Å². The number of halogens is 1. The number of rotatable bonds is 5. The van der Waals surface area contributed by atoms with Crippen LogP contribution < -0.4 is 10.6 Å². The summed E-state index contributed by atoms with van der Waals surface area (Å²) in [5.41, 5.74) is 1.72. The molecule has 2 N–H and O–H groups in total. The Morgan fingerprint density at radius 1 is 1.59 bits per heavy atom. The topological polar surface area (TPSA) is 59.0 Å². The van der Waals surface area contributed by atoms with Gasteiger partial charge in [-0.1, -0.05) is 11.6 Å². The standard InChI is InChI=1S/C11H17ClN4O/c1-7-11(12)9(16(2)15-7)5-13-6-10(17)14-8-3-4-8/h8,13H,3-6H2,1-2H3,(H,14,17). The van der Waals surface area contributed by atoms with Crippen LogP contribution in [0.5, 0.6) is 0 Å². The molecule has 5 nitrogen and oxygen atoms in total. The predicted molar refractivity (Wildman–Crippen MR) is 65.8 cm³/mol.